The van der Waals surface area contributed by atoms with Crippen LogP contribution in [0.5, 0.6) is 0 Å². The number of carbonyl (C=O) groups excluding carboxylic acids is 1. The molecule has 0 radical (unpaired) electrons. The normalized spacial score (nSPS) is 12.6. The average molecular weight is 299 g/mol. The Hall–Kier alpha value is -1.83. The molecular formula is C17H8Cl2O. The van der Waals surface area contributed by atoms with Gasteiger partial charge in [0.05, 0.1) is 5.02 Å². The third kappa shape index (κ3) is 1.42. The Morgan fingerprint density at radius 2 is 1.45 bits per heavy atom. The molecule has 0 aliphatic heterocycles. The second-order valence-electron chi connectivity index (χ2n) is 4.81. The van der Waals surface area contributed by atoms with Gasteiger partial charge in [0.1, 0.15) is 0 Å². The zero-order chi connectivity index (χ0) is 13.9. The molecule has 3 aromatic rings. The van der Waals surface area contributed by atoms with Crippen molar-refractivity contribution in [2.24, 2.45) is 0 Å². The van der Waals surface area contributed by atoms with Gasteiger partial charge in [-0.1, -0.05) is 53.5 Å². The van der Waals surface area contributed by atoms with Crippen LogP contribution in [-0.4, -0.2) is 5.78 Å². The van der Waals surface area contributed by atoms with Crippen LogP contribution in [0.2, 0.25) is 10.0 Å². The van der Waals surface area contributed by atoms with Crippen LogP contribution in [0.3, 0.4) is 0 Å². The second-order valence-corrected chi connectivity index (χ2v) is 5.63. The third-order valence-electron chi connectivity index (χ3n) is 3.76. The topological polar surface area (TPSA) is 17.1 Å². The van der Waals surface area contributed by atoms with Gasteiger partial charge in [-0.25, -0.2) is 0 Å². The number of carbonyl (C=O) groups is 1. The Kier molecular flexibility index (Phi) is 2.44. The van der Waals surface area contributed by atoms with Gasteiger partial charge >= 0.3 is 0 Å². The largest absolute Gasteiger partial charge is 0.289 e. The third-order valence-corrected chi connectivity index (χ3v) is 4.41. The summed E-state index contributed by atoms with van der Waals surface area (Å²) in [5, 5.41) is 2.97. The van der Waals surface area contributed by atoms with Crippen LogP contribution in [0, 0.1) is 0 Å². The highest BCUT2D eigenvalue weighted by Gasteiger charge is 2.27. The Balaban J connectivity index is 2.28. The molecule has 0 spiro atoms. The predicted octanol–water partition coefficient (Wildman–Crippen LogP) is 5.36. The quantitative estimate of drug-likeness (QED) is 0.427. The van der Waals surface area contributed by atoms with Crippen LogP contribution in [0.4, 0.5) is 0 Å². The molecule has 0 heterocycles. The van der Waals surface area contributed by atoms with Crippen LogP contribution < -0.4 is 0 Å². The molecular weight excluding hydrogens is 291 g/mol. The molecule has 0 fully saturated rings. The number of hydrogen-bond acceptors (Lipinski definition) is 1. The molecule has 3 aromatic carbocycles. The van der Waals surface area contributed by atoms with Crippen molar-refractivity contribution in [3.8, 4) is 11.1 Å². The summed E-state index contributed by atoms with van der Waals surface area (Å²) in [6.07, 6.45) is 0. The molecule has 20 heavy (non-hydrogen) atoms. The van der Waals surface area contributed by atoms with Gasteiger partial charge in [0.25, 0.3) is 0 Å². The molecule has 1 nitrogen and oxygen atoms in total. The molecule has 0 amide bonds. The van der Waals surface area contributed by atoms with Crippen LogP contribution in [0.1, 0.15) is 15.9 Å². The fraction of sp³-hybridized carbons (Fsp3) is 0. The molecule has 0 aromatic heterocycles. The Labute approximate surface area is 125 Å². The van der Waals surface area contributed by atoms with Gasteiger partial charge in [-0.2, -0.15) is 0 Å². The van der Waals surface area contributed by atoms with Crippen molar-refractivity contribution in [3.63, 3.8) is 0 Å². The van der Waals surface area contributed by atoms with E-state index in [1.807, 2.05) is 30.3 Å². The summed E-state index contributed by atoms with van der Waals surface area (Å²) in [7, 11) is 0. The smallest absolute Gasteiger partial charge is 0.195 e. The highest BCUT2D eigenvalue weighted by molar-refractivity contribution is 6.40. The van der Waals surface area contributed by atoms with Crippen LogP contribution in [-0.2, 0) is 0 Å². The van der Waals surface area contributed by atoms with Gasteiger partial charge in [-0.3, -0.25) is 4.79 Å². The van der Waals surface area contributed by atoms with E-state index in [1.165, 1.54) is 0 Å². The maximum atomic E-state index is 12.7. The van der Waals surface area contributed by atoms with Crippen molar-refractivity contribution >= 4 is 39.8 Å². The number of hydrogen-bond donors (Lipinski definition) is 0. The van der Waals surface area contributed by atoms with E-state index in [9.17, 15) is 4.79 Å². The van der Waals surface area contributed by atoms with E-state index in [2.05, 4.69) is 0 Å². The molecule has 0 saturated heterocycles. The van der Waals surface area contributed by atoms with Crippen molar-refractivity contribution < 1.29 is 4.79 Å². The molecule has 0 unspecified atom stereocenters. The van der Waals surface area contributed by atoms with Gasteiger partial charge in [0.15, 0.2) is 5.78 Å². The lowest BCUT2D eigenvalue weighted by atomic mass is 9.83. The minimum Gasteiger partial charge on any atom is -0.289 e. The maximum absolute atomic E-state index is 12.7. The van der Waals surface area contributed by atoms with E-state index in [-0.39, 0.29) is 5.78 Å². The summed E-state index contributed by atoms with van der Waals surface area (Å²) >= 11 is 12.5. The average Bonchev–Trinajstić information content (AvgIpc) is 2.46. The van der Waals surface area contributed by atoms with E-state index in [0.29, 0.717) is 21.2 Å². The van der Waals surface area contributed by atoms with Crippen LogP contribution in [0.25, 0.3) is 21.9 Å². The van der Waals surface area contributed by atoms with E-state index in [1.54, 1.807) is 18.2 Å². The molecule has 1 aliphatic rings. The van der Waals surface area contributed by atoms with Crippen LogP contribution in [0.15, 0.2) is 48.5 Å². The lowest BCUT2D eigenvalue weighted by Crippen LogP contribution is -2.10. The second kappa shape index (κ2) is 4.08. The van der Waals surface area contributed by atoms with E-state index in [0.717, 1.165) is 21.9 Å². The van der Waals surface area contributed by atoms with E-state index >= 15 is 0 Å². The SMILES string of the molecule is O=C1c2c(Cl)cccc2-c2cccc3c(Cl)ccc1c23. The predicted molar refractivity (Wildman–Crippen MR) is 82.8 cm³/mol. The Bertz CT molecular complexity index is 897. The monoisotopic (exact) mass is 298 g/mol. The highest BCUT2D eigenvalue weighted by atomic mass is 35.5. The van der Waals surface area contributed by atoms with Gasteiger partial charge in [-0.05, 0) is 29.3 Å². The van der Waals surface area contributed by atoms with Crippen molar-refractivity contribution in [3.05, 3.63) is 69.7 Å². The molecule has 1 aliphatic carbocycles. The standard InChI is InChI=1S/C17H8Cl2O/c18-13-8-7-12-15-9(3-1-5-11(13)15)10-4-2-6-14(19)16(10)17(12)20/h1-8H. The Morgan fingerprint density at radius 3 is 2.30 bits per heavy atom. The first-order chi connectivity index (χ1) is 9.68. The molecule has 96 valence electrons. The number of rotatable bonds is 0. The van der Waals surface area contributed by atoms with E-state index < -0.39 is 0 Å². The van der Waals surface area contributed by atoms with Crippen molar-refractivity contribution in [1.29, 1.82) is 0 Å². The summed E-state index contributed by atoms with van der Waals surface area (Å²) in [6.45, 7) is 0. The highest BCUT2D eigenvalue weighted by Crippen LogP contribution is 2.43. The number of fused-ring (bicyclic) bond motifs is 2. The number of ketones is 1. The number of halogens is 2. The van der Waals surface area contributed by atoms with Gasteiger partial charge < -0.3 is 0 Å². The van der Waals surface area contributed by atoms with Gasteiger partial charge in [0, 0.05) is 26.9 Å². The summed E-state index contributed by atoms with van der Waals surface area (Å²) in [5.41, 5.74) is 3.14. The lowest BCUT2D eigenvalue weighted by molar-refractivity contribution is 0.104. The number of benzene rings is 3. The van der Waals surface area contributed by atoms with Crippen LogP contribution >= 0.6 is 23.2 Å². The first-order valence-electron chi connectivity index (χ1n) is 6.23. The van der Waals surface area contributed by atoms with Gasteiger partial charge in [-0.15, -0.1) is 0 Å². The molecule has 0 saturated carbocycles. The summed E-state index contributed by atoms with van der Waals surface area (Å²) in [4.78, 5) is 12.7. The van der Waals surface area contributed by atoms with Crippen molar-refractivity contribution in [2.75, 3.05) is 0 Å². The van der Waals surface area contributed by atoms with Crippen molar-refractivity contribution in [1.82, 2.24) is 0 Å². The Morgan fingerprint density at radius 1 is 0.700 bits per heavy atom. The summed E-state index contributed by atoms with van der Waals surface area (Å²) in [6, 6.07) is 15.0. The van der Waals surface area contributed by atoms with E-state index in [4.69, 9.17) is 23.2 Å². The lowest BCUT2D eigenvalue weighted by Gasteiger charge is -2.21. The fourth-order valence-corrected chi connectivity index (χ4v) is 3.38. The maximum Gasteiger partial charge on any atom is 0.195 e. The molecule has 4 rings (SSSR count). The summed E-state index contributed by atoms with van der Waals surface area (Å²) in [5.74, 6) is -0.0361. The van der Waals surface area contributed by atoms with Crippen molar-refractivity contribution in [2.45, 2.75) is 0 Å². The zero-order valence-corrected chi connectivity index (χ0v) is 11.8. The van der Waals surface area contributed by atoms with Gasteiger partial charge in [0.2, 0.25) is 0 Å². The first-order valence-corrected chi connectivity index (χ1v) is 6.99. The fourth-order valence-electron chi connectivity index (χ4n) is 2.90. The molecule has 0 bridgehead atoms. The molecule has 3 heteroatoms. The minimum absolute atomic E-state index is 0.0361. The summed E-state index contributed by atoms with van der Waals surface area (Å²) < 4.78 is 0. The zero-order valence-electron chi connectivity index (χ0n) is 10.3. The molecule has 0 atom stereocenters. The minimum atomic E-state index is -0.0361. The molecule has 0 N–H and O–H groups in total. The first kappa shape index (κ1) is 12.0.